The van der Waals surface area contributed by atoms with Gasteiger partial charge in [0.2, 0.25) is 10.0 Å². The molecule has 1 saturated heterocycles. The van der Waals surface area contributed by atoms with Gasteiger partial charge in [0.25, 0.3) is 0 Å². The van der Waals surface area contributed by atoms with Crippen LogP contribution in [0.5, 0.6) is 0 Å². The first kappa shape index (κ1) is 16.7. The number of nitrogen functional groups attached to an aromatic ring is 1. The number of aliphatic hydroxyl groups excluding tert-OH is 1. The minimum absolute atomic E-state index is 0.0886. The van der Waals surface area contributed by atoms with E-state index in [9.17, 15) is 8.42 Å². The molecule has 0 unspecified atom stereocenters. The molecule has 0 aromatic heterocycles. The highest BCUT2D eigenvalue weighted by Crippen LogP contribution is 2.26. The van der Waals surface area contributed by atoms with Gasteiger partial charge in [-0.2, -0.15) is 4.31 Å². The summed E-state index contributed by atoms with van der Waals surface area (Å²) >= 11 is 3.28. The fourth-order valence-corrected chi connectivity index (χ4v) is 4.55. The maximum absolute atomic E-state index is 12.7. The Bertz CT molecular complexity index is 594. The molecule has 1 heterocycles. The zero-order valence-corrected chi connectivity index (χ0v) is 14.1. The largest absolute Gasteiger partial charge is 0.398 e. The number of sulfonamides is 1. The summed E-state index contributed by atoms with van der Waals surface area (Å²) in [6.45, 7) is 2.96. The van der Waals surface area contributed by atoms with Crippen LogP contribution in [0.15, 0.2) is 27.6 Å². The van der Waals surface area contributed by atoms with Gasteiger partial charge in [0.15, 0.2) is 0 Å². The molecule has 1 aromatic carbocycles. The first-order chi connectivity index (χ1) is 9.95. The van der Waals surface area contributed by atoms with Crippen molar-refractivity contribution in [3.05, 3.63) is 22.7 Å². The summed E-state index contributed by atoms with van der Waals surface area (Å²) in [5.74, 6) is 0. The van der Waals surface area contributed by atoms with Gasteiger partial charge in [-0.3, -0.25) is 4.90 Å². The highest BCUT2D eigenvalue weighted by Gasteiger charge is 2.28. The topological polar surface area (TPSA) is 86.9 Å². The Kier molecular flexibility index (Phi) is 5.61. The normalized spacial score (nSPS) is 18.6. The van der Waals surface area contributed by atoms with Crippen molar-refractivity contribution < 1.29 is 13.5 Å². The highest BCUT2D eigenvalue weighted by atomic mass is 79.9. The summed E-state index contributed by atoms with van der Waals surface area (Å²) in [6.07, 6.45) is 0.743. The Labute approximate surface area is 133 Å². The zero-order chi connectivity index (χ0) is 15.5. The molecule has 0 amide bonds. The van der Waals surface area contributed by atoms with Gasteiger partial charge in [0, 0.05) is 30.7 Å². The maximum atomic E-state index is 12.7. The van der Waals surface area contributed by atoms with Gasteiger partial charge >= 0.3 is 0 Å². The number of hydrogen-bond acceptors (Lipinski definition) is 5. The third-order valence-electron chi connectivity index (χ3n) is 3.56. The molecule has 118 valence electrons. The maximum Gasteiger partial charge on any atom is 0.245 e. The molecule has 6 nitrogen and oxygen atoms in total. The molecule has 1 aliphatic heterocycles. The van der Waals surface area contributed by atoms with E-state index in [2.05, 4.69) is 20.8 Å². The van der Waals surface area contributed by atoms with Crippen molar-refractivity contribution in [2.45, 2.75) is 11.3 Å². The van der Waals surface area contributed by atoms with Gasteiger partial charge in [-0.25, -0.2) is 8.42 Å². The molecule has 8 heteroatoms. The lowest BCUT2D eigenvalue weighted by Gasteiger charge is -2.22. The monoisotopic (exact) mass is 377 g/mol. The Hall–Kier alpha value is -0.670. The molecule has 1 aliphatic rings. The quantitative estimate of drug-likeness (QED) is 0.754. The van der Waals surface area contributed by atoms with E-state index in [1.165, 1.54) is 4.31 Å². The van der Waals surface area contributed by atoms with E-state index in [-0.39, 0.29) is 17.2 Å². The second-order valence-corrected chi connectivity index (χ2v) is 7.83. The number of rotatable bonds is 4. The van der Waals surface area contributed by atoms with Crippen molar-refractivity contribution in [1.29, 1.82) is 0 Å². The number of aliphatic hydroxyl groups is 1. The molecule has 1 fully saturated rings. The van der Waals surface area contributed by atoms with Gasteiger partial charge in [0.1, 0.15) is 4.90 Å². The van der Waals surface area contributed by atoms with Crippen LogP contribution in [-0.4, -0.2) is 62.1 Å². The van der Waals surface area contributed by atoms with Crippen LogP contribution in [0.25, 0.3) is 0 Å². The zero-order valence-electron chi connectivity index (χ0n) is 11.7. The van der Waals surface area contributed by atoms with E-state index in [1.807, 2.05) is 0 Å². The molecule has 2 rings (SSSR count). The average Bonchev–Trinajstić information content (AvgIpc) is 2.68. The third-order valence-corrected chi connectivity index (χ3v) is 6.00. The van der Waals surface area contributed by atoms with Crippen LogP contribution in [0.1, 0.15) is 6.42 Å². The summed E-state index contributed by atoms with van der Waals surface area (Å²) < 4.78 is 27.6. The fourth-order valence-electron chi connectivity index (χ4n) is 2.42. The molecule has 3 N–H and O–H groups in total. The minimum atomic E-state index is -3.59. The van der Waals surface area contributed by atoms with E-state index in [0.29, 0.717) is 30.7 Å². The van der Waals surface area contributed by atoms with Crippen LogP contribution in [0.4, 0.5) is 5.69 Å². The second-order valence-electron chi connectivity index (χ2n) is 5.01. The molecule has 1 aromatic rings. The molecule has 21 heavy (non-hydrogen) atoms. The molecule has 0 radical (unpaired) electrons. The summed E-state index contributed by atoms with van der Waals surface area (Å²) in [5.41, 5.74) is 6.09. The molecule has 0 spiro atoms. The van der Waals surface area contributed by atoms with Crippen LogP contribution >= 0.6 is 15.9 Å². The second kappa shape index (κ2) is 7.06. The number of anilines is 1. The van der Waals surface area contributed by atoms with E-state index in [1.54, 1.807) is 18.2 Å². The lowest BCUT2D eigenvalue weighted by molar-refractivity contribution is 0.202. The third kappa shape index (κ3) is 3.95. The number of hydrogen-bond donors (Lipinski definition) is 2. The van der Waals surface area contributed by atoms with Crippen molar-refractivity contribution >= 4 is 31.6 Å². The minimum Gasteiger partial charge on any atom is -0.398 e. The van der Waals surface area contributed by atoms with Crippen molar-refractivity contribution in [1.82, 2.24) is 9.21 Å². The van der Waals surface area contributed by atoms with E-state index < -0.39 is 10.0 Å². The first-order valence-corrected chi connectivity index (χ1v) is 9.07. The summed E-state index contributed by atoms with van der Waals surface area (Å²) in [6, 6.07) is 4.85. The number of nitrogens with two attached hydrogens (primary N) is 1. The highest BCUT2D eigenvalue weighted by molar-refractivity contribution is 9.10. The number of halogens is 1. The van der Waals surface area contributed by atoms with Crippen molar-refractivity contribution in [3.8, 4) is 0 Å². The van der Waals surface area contributed by atoms with Crippen molar-refractivity contribution in [2.75, 3.05) is 45.1 Å². The molecule has 0 saturated carbocycles. The van der Waals surface area contributed by atoms with Crippen LogP contribution in [0, 0.1) is 0 Å². The van der Waals surface area contributed by atoms with Gasteiger partial charge in [-0.05, 0) is 31.2 Å². The van der Waals surface area contributed by atoms with Crippen molar-refractivity contribution in [3.63, 3.8) is 0 Å². The number of nitrogens with zero attached hydrogens (tertiary/aromatic N) is 2. The molecule has 0 atom stereocenters. The number of β-amino-alcohol motifs (C(OH)–C–C–N with tert-alkyl or cyclic N) is 1. The Morgan fingerprint density at radius 1 is 1.24 bits per heavy atom. The predicted octanol–water partition coefficient (Wildman–Crippen LogP) is 0.720. The lowest BCUT2D eigenvalue weighted by atomic mass is 10.3. The predicted molar refractivity (Wildman–Crippen MR) is 85.5 cm³/mol. The SMILES string of the molecule is Nc1ccc(Br)cc1S(=O)(=O)N1CCCN(CCO)CC1. The summed E-state index contributed by atoms with van der Waals surface area (Å²) in [5, 5.41) is 8.99. The molecular weight excluding hydrogens is 358 g/mol. The number of benzene rings is 1. The first-order valence-electron chi connectivity index (χ1n) is 6.83. The summed E-state index contributed by atoms with van der Waals surface area (Å²) in [7, 11) is -3.59. The van der Waals surface area contributed by atoms with Gasteiger partial charge in [-0.1, -0.05) is 15.9 Å². The van der Waals surface area contributed by atoms with E-state index >= 15 is 0 Å². The van der Waals surface area contributed by atoms with Crippen LogP contribution in [-0.2, 0) is 10.0 Å². The molecule has 0 aliphatic carbocycles. The van der Waals surface area contributed by atoms with Crippen molar-refractivity contribution in [2.24, 2.45) is 0 Å². The lowest BCUT2D eigenvalue weighted by Crippen LogP contribution is -2.36. The fraction of sp³-hybridized carbons (Fsp3) is 0.538. The average molecular weight is 378 g/mol. The van der Waals surface area contributed by atoms with Gasteiger partial charge in [0.05, 0.1) is 12.3 Å². The van der Waals surface area contributed by atoms with Gasteiger partial charge < -0.3 is 10.8 Å². The van der Waals surface area contributed by atoms with E-state index in [0.717, 1.165) is 13.0 Å². The summed E-state index contributed by atoms with van der Waals surface area (Å²) in [4.78, 5) is 2.22. The standard InChI is InChI=1S/C13H20BrN3O3S/c14-11-2-3-12(15)13(10-11)21(19,20)17-5-1-4-16(6-7-17)8-9-18/h2-3,10,18H,1,4-9,15H2. The van der Waals surface area contributed by atoms with Crippen LogP contribution < -0.4 is 5.73 Å². The Balaban J connectivity index is 2.21. The van der Waals surface area contributed by atoms with Crippen LogP contribution in [0.2, 0.25) is 0 Å². The van der Waals surface area contributed by atoms with Crippen LogP contribution in [0.3, 0.4) is 0 Å². The van der Waals surface area contributed by atoms with E-state index in [4.69, 9.17) is 10.8 Å². The Morgan fingerprint density at radius 3 is 2.71 bits per heavy atom. The molecular formula is C13H20BrN3O3S. The smallest absolute Gasteiger partial charge is 0.245 e. The molecule has 0 bridgehead atoms. The Morgan fingerprint density at radius 2 is 2.00 bits per heavy atom. The van der Waals surface area contributed by atoms with Gasteiger partial charge in [-0.15, -0.1) is 0 Å².